The van der Waals surface area contributed by atoms with Gasteiger partial charge in [0.15, 0.2) is 0 Å². The average molecular weight is 516 g/mol. The van der Waals surface area contributed by atoms with Gasteiger partial charge in [0.05, 0.1) is 36.1 Å². The number of unbranched alkanes of at least 4 members (excludes halogenated alkanes) is 1. The van der Waals surface area contributed by atoms with E-state index < -0.39 is 22.7 Å². The Morgan fingerprint density at radius 3 is 2.49 bits per heavy atom. The normalized spacial score (nSPS) is 25.6. The lowest BCUT2D eigenvalue weighted by molar-refractivity contribution is -0.203. The predicted octanol–water partition coefficient (Wildman–Crippen LogP) is 2.16. The molecule has 2 aliphatic rings. The van der Waals surface area contributed by atoms with Gasteiger partial charge in [-0.2, -0.15) is 11.8 Å². The van der Waals surface area contributed by atoms with Gasteiger partial charge in [-0.3, -0.25) is 9.59 Å². The van der Waals surface area contributed by atoms with E-state index in [9.17, 15) is 24.6 Å². The molecule has 5 N–H and O–H groups in total. The maximum atomic E-state index is 12.6. The summed E-state index contributed by atoms with van der Waals surface area (Å²) in [4.78, 5) is 36.1. The van der Waals surface area contributed by atoms with E-state index in [0.29, 0.717) is 17.2 Å². The number of rotatable bonds is 13. The molecule has 0 aliphatic carbocycles. The second kappa shape index (κ2) is 11.8. The molecule has 5 atom stereocenters. The fourth-order valence-corrected chi connectivity index (χ4v) is 6.14. The molecule has 0 radical (unpaired) electrons. The molecular weight excluding hydrogens is 474 g/mol. The summed E-state index contributed by atoms with van der Waals surface area (Å²) in [5.74, 6) is 0.149. The number of carbonyl (C=O) groups is 3. The van der Waals surface area contributed by atoms with Crippen molar-refractivity contribution in [1.82, 2.24) is 16.0 Å². The summed E-state index contributed by atoms with van der Waals surface area (Å²) in [5.41, 5.74) is -3.12. The standard InChI is InChI=1S/C24H41N3O7S/c1-15(11-28)24(6,27-16(2)30)23(5,34-22(3,4)13-29)14-33-19(31)10-8-7-9-18-20-17(12-35-18)25-21(32)26-20/h11,17-18,20,28-29H,7-10,12-14H2,1-6H3,(H,27,30)(H2,25,26,32)/b15-11+/t17-,18?,20-,23?,24-/m0/s1. The lowest BCUT2D eigenvalue weighted by Crippen LogP contribution is -2.67. The Labute approximate surface area is 212 Å². The van der Waals surface area contributed by atoms with Crippen LogP contribution < -0.4 is 16.0 Å². The predicted molar refractivity (Wildman–Crippen MR) is 134 cm³/mol. The van der Waals surface area contributed by atoms with Crippen LogP contribution in [-0.2, 0) is 19.1 Å². The van der Waals surface area contributed by atoms with Gasteiger partial charge < -0.3 is 35.6 Å². The summed E-state index contributed by atoms with van der Waals surface area (Å²) in [7, 11) is 0. The van der Waals surface area contributed by atoms with Crippen molar-refractivity contribution < 1.29 is 34.1 Å². The summed E-state index contributed by atoms with van der Waals surface area (Å²) in [6.07, 6.45) is 3.48. The highest BCUT2D eigenvalue weighted by Crippen LogP contribution is 2.37. The number of aliphatic hydroxyl groups is 2. The van der Waals surface area contributed by atoms with Crippen molar-refractivity contribution in [2.75, 3.05) is 19.0 Å². The number of aliphatic hydroxyl groups excluding tert-OH is 2. The molecule has 0 spiro atoms. The van der Waals surface area contributed by atoms with Gasteiger partial charge >= 0.3 is 12.0 Å². The van der Waals surface area contributed by atoms with Gasteiger partial charge in [-0.05, 0) is 53.0 Å². The van der Waals surface area contributed by atoms with Crippen molar-refractivity contribution in [1.29, 1.82) is 0 Å². The van der Waals surface area contributed by atoms with E-state index in [1.165, 1.54) is 6.92 Å². The first kappa shape index (κ1) is 29.3. The Morgan fingerprint density at radius 1 is 1.20 bits per heavy atom. The van der Waals surface area contributed by atoms with Gasteiger partial charge in [-0.25, -0.2) is 4.79 Å². The summed E-state index contributed by atoms with van der Waals surface area (Å²) in [5, 5.41) is 28.5. The molecule has 0 bridgehead atoms. The lowest BCUT2D eigenvalue weighted by atomic mass is 9.76. The van der Waals surface area contributed by atoms with E-state index in [4.69, 9.17) is 9.47 Å². The number of amides is 3. The van der Waals surface area contributed by atoms with Gasteiger partial charge in [0.1, 0.15) is 12.2 Å². The third-order valence-electron chi connectivity index (χ3n) is 6.91. The molecule has 200 valence electrons. The summed E-state index contributed by atoms with van der Waals surface area (Å²) in [6, 6.07) is 0.209. The number of esters is 1. The fourth-order valence-electron chi connectivity index (χ4n) is 4.60. The Hall–Kier alpha value is -1.98. The van der Waals surface area contributed by atoms with Gasteiger partial charge in [0, 0.05) is 24.3 Å². The van der Waals surface area contributed by atoms with E-state index in [1.54, 1.807) is 34.6 Å². The number of hydrogen-bond acceptors (Lipinski definition) is 8. The molecule has 2 fully saturated rings. The molecule has 0 aromatic carbocycles. The number of carbonyl (C=O) groups excluding carboxylic acids is 3. The van der Waals surface area contributed by atoms with E-state index in [-0.39, 0.29) is 43.7 Å². The van der Waals surface area contributed by atoms with Crippen molar-refractivity contribution in [3.05, 3.63) is 11.8 Å². The highest BCUT2D eigenvalue weighted by atomic mass is 32.2. The summed E-state index contributed by atoms with van der Waals surface area (Å²) >= 11 is 1.84. The van der Waals surface area contributed by atoms with Crippen molar-refractivity contribution in [3.8, 4) is 0 Å². The molecule has 11 heteroatoms. The number of ether oxygens (including phenoxy) is 2. The molecule has 2 unspecified atom stereocenters. The average Bonchev–Trinajstić information content (AvgIpc) is 3.33. The zero-order chi connectivity index (χ0) is 26.4. The molecule has 2 aliphatic heterocycles. The first-order valence-corrected chi connectivity index (χ1v) is 13.1. The third kappa shape index (κ3) is 7.27. The van der Waals surface area contributed by atoms with Crippen LogP contribution in [0.3, 0.4) is 0 Å². The number of fused-ring (bicyclic) bond motifs is 1. The van der Waals surface area contributed by atoms with Crippen LogP contribution >= 0.6 is 11.8 Å². The molecule has 0 aromatic rings. The van der Waals surface area contributed by atoms with Crippen molar-refractivity contribution in [2.45, 2.75) is 101 Å². The van der Waals surface area contributed by atoms with Gasteiger partial charge in [-0.1, -0.05) is 6.42 Å². The van der Waals surface area contributed by atoms with Crippen LogP contribution in [0.4, 0.5) is 4.79 Å². The van der Waals surface area contributed by atoms with E-state index >= 15 is 0 Å². The van der Waals surface area contributed by atoms with Crippen LogP contribution in [0.15, 0.2) is 11.8 Å². The smallest absolute Gasteiger partial charge is 0.315 e. The molecule has 2 rings (SSSR count). The van der Waals surface area contributed by atoms with Crippen LogP contribution in [0, 0.1) is 0 Å². The highest BCUT2D eigenvalue weighted by Gasteiger charge is 2.51. The van der Waals surface area contributed by atoms with Crippen molar-refractivity contribution in [3.63, 3.8) is 0 Å². The van der Waals surface area contributed by atoms with Gasteiger partial charge in [0.2, 0.25) is 5.91 Å². The monoisotopic (exact) mass is 515 g/mol. The molecule has 0 aromatic heterocycles. The molecule has 35 heavy (non-hydrogen) atoms. The van der Waals surface area contributed by atoms with Crippen molar-refractivity contribution >= 4 is 29.7 Å². The molecule has 2 saturated heterocycles. The molecule has 2 heterocycles. The van der Waals surface area contributed by atoms with E-state index in [0.717, 1.165) is 24.9 Å². The van der Waals surface area contributed by atoms with Gasteiger partial charge in [0.25, 0.3) is 0 Å². The van der Waals surface area contributed by atoms with Crippen LogP contribution in [0.1, 0.15) is 67.2 Å². The molecule has 10 nitrogen and oxygen atoms in total. The Bertz CT molecular complexity index is 821. The zero-order valence-electron chi connectivity index (χ0n) is 21.6. The van der Waals surface area contributed by atoms with Crippen LogP contribution in [0.25, 0.3) is 0 Å². The number of urea groups is 1. The minimum Gasteiger partial charge on any atom is -0.516 e. The third-order valence-corrected chi connectivity index (χ3v) is 8.42. The highest BCUT2D eigenvalue weighted by molar-refractivity contribution is 8.00. The van der Waals surface area contributed by atoms with E-state index in [1.807, 2.05) is 11.8 Å². The first-order chi connectivity index (χ1) is 16.3. The lowest BCUT2D eigenvalue weighted by Gasteiger charge is -2.49. The molecule has 3 amide bonds. The van der Waals surface area contributed by atoms with E-state index in [2.05, 4.69) is 16.0 Å². The number of hydrogen-bond donors (Lipinski definition) is 5. The SMILES string of the molecule is CC(=O)N[C@@](C)(/C(C)=C/O)C(C)(COC(=O)CCCCC1SC[C@@H]2NC(=O)N[C@H]12)OC(C)(C)CO. The minimum atomic E-state index is -1.30. The summed E-state index contributed by atoms with van der Waals surface area (Å²) < 4.78 is 11.8. The Balaban J connectivity index is 1.97. The van der Waals surface area contributed by atoms with Crippen LogP contribution in [0.2, 0.25) is 0 Å². The zero-order valence-corrected chi connectivity index (χ0v) is 22.4. The van der Waals surface area contributed by atoms with Crippen LogP contribution in [0.5, 0.6) is 0 Å². The second-order valence-electron chi connectivity index (χ2n) is 10.4. The maximum Gasteiger partial charge on any atom is 0.315 e. The van der Waals surface area contributed by atoms with Crippen LogP contribution in [-0.4, -0.2) is 81.2 Å². The second-order valence-corrected chi connectivity index (χ2v) is 11.7. The topological polar surface area (TPSA) is 146 Å². The first-order valence-electron chi connectivity index (χ1n) is 12.0. The largest absolute Gasteiger partial charge is 0.516 e. The molecule has 0 saturated carbocycles. The Kier molecular flexibility index (Phi) is 9.89. The van der Waals surface area contributed by atoms with Gasteiger partial charge in [-0.15, -0.1) is 0 Å². The number of nitrogens with one attached hydrogen (secondary N) is 3. The summed E-state index contributed by atoms with van der Waals surface area (Å²) in [6.45, 7) is 9.23. The van der Waals surface area contributed by atoms with Crippen molar-refractivity contribution in [2.24, 2.45) is 0 Å². The fraction of sp³-hybridized carbons (Fsp3) is 0.792. The number of thioether (sulfide) groups is 1. The molecular formula is C24H41N3O7S. The Morgan fingerprint density at radius 2 is 1.89 bits per heavy atom. The quantitative estimate of drug-likeness (QED) is 0.109. The minimum absolute atomic E-state index is 0.110. The maximum absolute atomic E-state index is 12.6.